The molecule has 2 aliphatic heterocycles. The van der Waals surface area contributed by atoms with Crippen molar-refractivity contribution in [3.8, 4) is 0 Å². The Balaban J connectivity index is 1.59. The van der Waals surface area contributed by atoms with Gasteiger partial charge in [-0.25, -0.2) is 0 Å². The topological polar surface area (TPSA) is 40.6 Å². The maximum Gasteiger partial charge on any atom is 0.183 e. The Morgan fingerprint density at radius 2 is 1.45 bits per heavy atom. The summed E-state index contributed by atoms with van der Waals surface area (Å²) in [6.45, 7) is 27.4. The van der Waals surface area contributed by atoms with E-state index in [1.165, 1.54) is 11.6 Å². The van der Waals surface area contributed by atoms with E-state index in [1.54, 1.807) is 0 Å². The molecule has 0 radical (unpaired) electrons. The van der Waals surface area contributed by atoms with Crippen LogP contribution >= 0.6 is 0 Å². The molecule has 0 saturated heterocycles. The Hall–Kier alpha value is -4.18. The molecule has 4 heteroatoms. The molecule has 0 spiro atoms. The number of allylic oxidation sites excluding steroid dienone is 3. The molecule has 5 rings (SSSR count). The van der Waals surface area contributed by atoms with E-state index in [0.29, 0.717) is 0 Å². The number of ketones is 2. The SMILES string of the molecule is C=CC(=O)C1=CN(C(C)(C)C)CC(c2cccc(C(C(=O)C3=CN(c4ccc(C(C)(C)C)cc4)CCC3(C)C)c3ccccc3)c2)C1(C)C. The van der Waals surface area contributed by atoms with Gasteiger partial charge in [-0.3, -0.25) is 9.59 Å². The lowest BCUT2D eigenvalue weighted by Gasteiger charge is -2.48. The second-order valence-corrected chi connectivity index (χ2v) is 17.3. The summed E-state index contributed by atoms with van der Waals surface area (Å²) in [4.78, 5) is 32.9. The summed E-state index contributed by atoms with van der Waals surface area (Å²) >= 11 is 0. The molecule has 49 heavy (non-hydrogen) atoms. The van der Waals surface area contributed by atoms with Crippen molar-refractivity contribution in [2.75, 3.05) is 18.0 Å². The molecule has 2 unspecified atom stereocenters. The van der Waals surface area contributed by atoms with E-state index in [2.05, 4.69) is 152 Å². The first-order valence-corrected chi connectivity index (χ1v) is 17.8. The number of nitrogens with zero attached hydrogens (tertiary/aromatic N) is 2. The van der Waals surface area contributed by atoms with Crippen LogP contribution in [0.2, 0.25) is 0 Å². The number of rotatable bonds is 8. The molecular weight excluding hydrogens is 601 g/mol. The maximum atomic E-state index is 15.1. The number of hydrogen-bond acceptors (Lipinski definition) is 4. The van der Waals surface area contributed by atoms with Crippen LogP contribution in [0, 0.1) is 10.8 Å². The Morgan fingerprint density at radius 3 is 2.04 bits per heavy atom. The predicted octanol–water partition coefficient (Wildman–Crippen LogP) is 10.4. The van der Waals surface area contributed by atoms with Gasteiger partial charge >= 0.3 is 0 Å². The van der Waals surface area contributed by atoms with Crippen LogP contribution in [0.1, 0.15) is 110 Å². The van der Waals surface area contributed by atoms with Crippen LogP contribution in [-0.4, -0.2) is 35.1 Å². The number of anilines is 1. The highest BCUT2D eigenvalue weighted by Crippen LogP contribution is 2.48. The number of benzene rings is 3. The van der Waals surface area contributed by atoms with Gasteiger partial charge in [0.15, 0.2) is 11.6 Å². The predicted molar refractivity (Wildman–Crippen MR) is 205 cm³/mol. The molecule has 0 N–H and O–H groups in total. The van der Waals surface area contributed by atoms with Crippen LogP contribution in [0.3, 0.4) is 0 Å². The summed E-state index contributed by atoms with van der Waals surface area (Å²) in [5, 5.41) is 0. The lowest BCUT2D eigenvalue weighted by Crippen LogP contribution is -2.48. The second-order valence-electron chi connectivity index (χ2n) is 17.3. The van der Waals surface area contributed by atoms with Crippen LogP contribution in [0.4, 0.5) is 5.69 Å². The van der Waals surface area contributed by atoms with Crippen LogP contribution < -0.4 is 4.90 Å². The van der Waals surface area contributed by atoms with Crippen molar-refractivity contribution in [2.24, 2.45) is 10.8 Å². The van der Waals surface area contributed by atoms with Crippen molar-refractivity contribution in [1.29, 1.82) is 0 Å². The van der Waals surface area contributed by atoms with Crippen LogP contribution in [0.5, 0.6) is 0 Å². The Labute approximate surface area is 295 Å². The van der Waals surface area contributed by atoms with E-state index in [4.69, 9.17) is 0 Å². The first-order valence-electron chi connectivity index (χ1n) is 17.8. The van der Waals surface area contributed by atoms with Crippen molar-refractivity contribution >= 4 is 17.3 Å². The zero-order valence-electron chi connectivity index (χ0n) is 31.4. The fraction of sp³-hybridized carbons (Fsp3) is 0.422. The van der Waals surface area contributed by atoms with Crippen molar-refractivity contribution in [3.63, 3.8) is 0 Å². The van der Waals surface area contributed by atoms with E-state index in [9.17, 15) is 4.79 Å². The normalized spacial score (nSPS) is 19.8. The summed E-state index contributed by atoms with van der Waals surface area (Å²) < 4.78 is 0. The molecule has 2 heterocycles. The summed E-state index contributed by atoms with van der Waals surface area (Å²) in [7, 11) is 0. The fourth-order valence-electron chi connectivity index (χ4n) is 7.40. The average molecular weight is 657 g/mol. The Kier molecular flexibility index (Phi) is 9.78. The number of Topliss-reactive ketones (excluding diaryl/α,β-unsaturated/α-hetero) is 1. The zero-order chi connectivity index (χ0) is 35.9. The van der Waals surface area contributed by atoms with Crippen molar-refractivity contribution in [3.05, 3.63) is 137 Å². The van der Waals surface area contributed by atoms with Gasteiger partial charge in [-0.15, -0.1) is 0 Å². The highest BCUT2D eigenvalue weighted by atomic mass is 16.1. The maximum absolute atomic E-state index is 15.1. The molecule has 0 amide bonds. The van der Waals surface area contributed by atoms with E-state index in [1.807, 2.05) is 24.4 Å². The molecule has 2 aliphatic rings. The smallest absolute Gasteiger partial charge is 0.183 e. The lowest BCUT2D eigenvalue weighted by atomic mass is 9.66. The van der Waals surface area contributed by atoms with E-state index >= 15 is 4.79 Å². The molecule has 0 saturated carbocycles. The Morgan fingerprint density at radius 1 is 0.816 bits per heavy atom. The van der Waals surface area contributed by atoms with E-state index < -0.39 is 11.3 Å². The lowest BCUT2D eigenvalue weighted by molar-refractivity contribution is -0.117. The monoisotopic (exact) mass is 656 g/mol. The fourth-order valence-corrected chi connectivity index (χ4v) is 7.40. The molecule has 4 nitrogen and oxygen atoms in total. The molecule has 3 aromatic carbocycles. The number of hydrogen-bond donors (Lipinski definition) is 0. The van der Waals surface area contributed by atoms with Crippen LogP contribution in [0.15, 0.2) is 115 Å². The molecule has 0 bridgehead atoms. The minimum absolute atomic E-state index is 0.0269. The van der Waals surface area contributed by atoms with Crippen molar-refractivity contribution < 1.29 is 9.59 Å². The molecule has 2 atom stereocenters. The van der Waals surface area contributed by atoms with Gasteiger partial charge in [-0.2, -0.15) is 0 Å². The summed E-state index contributed by atoms with van der Waals surface area (Å²) in [5.41, 5.74) is 6.28. The molecule has 0 aromatic heterocycles. The van der Waals surface area contributed by atoms with Gasteiger partial charge in [-0.05, 0) is 78.5 Å². The van der Waals surface area contributed by atoms with E-state index in [-0.39, 0.29) is 33.9 Å². The van der Waals surface area contributed by atoms with Gasteiger partial charge in [0.05, 0.1) is 5.92 Å². The molecule has 3 aromatic rings. The first-order chi connectivity index (χ1) is 22.8. The number of carbonyl (C=O) groups is 2. The van der Waals surface area contributed by atoms with Gasteiger partial charge in [-0.1, -0.05) is 122 Å². The minimum atomic E-state index is -0.467. The quantitative estimate of drug-likeness (QED) is 0.226. The molecule has 0 fully saturated rings. The zero-order valence-corrected chi connectivity index (χ0v) is 31.4. The van der Waals surface area contributed by atoms with Gasteiger partial charge in [0.2, 0.25) is 0 Å². The summed E-state index contributed by atoms with van der Waals surface area (Å²) in [5.74, 6) is -0.350. The third kappa shape index (κ3) is 7.39. The second kappa shape index (κ2) is 13.3. The highest BCUT2D eigenvalue weighted by Gasteiger charge is 2.44. The standard InChI is InChI=1S/C45H56N2O2/c1-12-39(48)37-30-47(43(5,6)7)29-36(45(37,10)11)32-19-16-20-33(27-32)40(31-17-14-13-15-18-31)41(49)38-28-46(26-25-44(38,8)9)35-23-21-34(22-24-35)42(2,3)4/h12-24,27-28,30,36,40H,1,25-26,29H2,2-11H3. The van der Waals surface area contributed by atoms with Crippen molar-refractivity contribution in [2.45, 2.75) is 98.4 Å². The first kappa shape index (κ1) is 36.1. The highest BCUT2D eigenvalue weighted by molar-refractivity contribution is 6.05. The molecule has 0 aliphatic carbocycles. The van der Waals surface area contributed by atoms with Gasteiger partial charge < -0.3 is 9.80 Å². The summed E-state index contributed by atoms with van der Waals surface area (Å²) in [6.07, 6.45) is 6.46. The van der Waals surface area contributed by atoms with Gasteiger partial charge in [0, 0.05) is 59.2 Å². The van der Waals surface area contributed by atoms with Crippen molar-refractivity contribution in [1.82, 2.24) is 4.90 Å². The average Bonchev–Trinajstić information content (AvgIpc) is 3.04. The summed E-state index contributed by atoms with van der Waals surface area (Å²) in [6, 6.07) is 27.5. The Bertz CT molecular complexity index is 1760. The van der Waals surface area contributed by atoms with Gasteiger partial charge in [0.25, 0.3) is 0 Å². The van der Waals surface area contributed by atoms with Gasteiger partial charge in [0.1, 0.15) is 0 Å². The third-order valence-corrected chi connectivity index (χ3v) is 10.9. The van der Waals surface area contributed by atoms with Crippen LogP contribution in [0.25, 0.3) is 0 Å². The van der Waals surface area contributed by atoms with E-state index in [0.717, 1.165) is 53.0 Å². The minimum Gasteiger partial charge on any atom is -0.372 e. The number of carbonyl (C=O) groups excluding carboxylic acids is 2. The van der Waals surface area contributed by atoms with Crippen LogP contribution in [-0.2, 0) is 15.0 Å². The largest absolute Gasteiger partial charge is 0.372 e. The molecule has 258 valence electrons. The molecular formula is C45H56N2O2. The third-order valence-electron chi connectivity index (χ3n) is 10.9.